The highest BCUT2D eigenvalue weighted by Gasteiger charge is 2.29. The van der Waals surface area contributed by atoms with Gasteiger partial charge in [-0.1, -0.05) is 29.3 Å². The Bertz CT molecular complexity index is 580. The first-order valence-corrected chi connectivity index (χ1v) is 7.82. The van der Waals surface area contributed by atoms with Gasteiger partial charge in [-0.25, -0.2) is 0 Å². The predicted molar refractivity (Wildman–Crippen MR) is 85.2 cm³/mol. The molecular formula is C15H18Cl2N2O3. The highest BCUT2D eigenvalue weighted by atomic mass is 35.5. The number of carboxylic acids is 1. The zero-order valence-electron chi connectivity index (χ0n) is 12.2. The minimum atomic E-state index is -0.799. The Morgan fingerprint density at radius 2 is 2.14 bits per heavy atom. The maximum atomic E-state index is 12.1. The SMILES string of the molecule is CC(NC(=O)CN1CCC(C(=O)O)C1)c1ccc(Cl)c(Cl)c1. The van der Waals surface area contributed by atoms with Crippen LogP contribution < -0.4 is 5.32 Å². The first-order valence-electron chi connectivity index (χ1n) is 7.06. The number of carboxylic acid groups (broad SMARTS) is 1. The molecule has 1 amide bonds. The van der Waals surface area contributed by atoms with Crippen LogP contribution in [0.3, 0.4) is 0 Å². The second-order valence-corrected chi connectivity index (χ2v) is 6.34. The Morgan fingerprint density at radius 3 is 2.73 bits per heavy atom. The van der Waals surface area contributed by atoms with Gasteiger partial charge in [0.05, 0.1) is 28.5 Å². The average Bonchev–Trinajstić information content (AvgIpc) is 2.90. The quantitative estimate of drug-likeness (QED) is 0.861. The monoisotopic (exact) mass is 344 g/mol. The summed E-state index contributed by atoms with van der Waals surface area (Å²) in [7, 11) is 0. The number of nitrogens with one attached hydrogen (secondary N) is 1. The molecular weight excluding hydrogens is 327 g/mol. The topological polar surface area (TPSA) is 69.6 Å². The molecule has 0 bridgehead atoms. The van der Waals surface area contributed by atoms with E-state index in [1.165, 1.54) is 0 Å². The predicted octanol–water partition coefficient (Wildman–Crippen LogP) is 2.58. The van der Waals surface area contributed by atoms with Crippen LogP contribution in [0.2, 0.25) is 10.0 Å². The third-order valence-electron chi connectivity index (χ3n) is 3.81. The van der Waals surface area contributed by atoms with E-state index < -0.39 is 5.97 Å². The molecule has 1 aliphatic rings. The molecule has 2 unspecified atom stereocenters. The van der Waals surface area contributed by atoms with Crippen LogP contribution in [0.1, 0.15) is 24.9 Å². The van der Waals surface area contributed by atoms with Crippen LogP contribution in [-0.2, 0) is 9.59 Å². The fourth-order valence-corrected chi connectivity index (χ4v) is 2.84. The van der Waals surface area contributed by atoms with Crippen molar-refractivity contribution in [1.29, 1.82) is 0 Å². The Balaban J connectivity index is 1.86. The van der Waals surface area contributed by atoms with Gasteiger partial charge in [-0.15, -0.1) is 0 Å². The molecule has 0 saturated carbocycles. The first kappa shape index (κ1) is 17.1. The van der Waals surface area contributed by atoms with Crippen molar-refractivity contribution in [2.45, 2.75) is 19.4 Å². The summed E-state index contributed by atoms with van der Waals surface area (Å²) in [5.41, 5.74) is 0.868. The Morgan fingerprint density at radius 1 is 1.41 bits per heavy atom. The molecule has 2 N–H and O–H groups in total. The van der Waals surface area contributed by atoms with Crippen LogP contribution in [0, 0.1) is 5.92 Å². The number of carbonyl (C=O) groups excluding carboxylic acids is 1. The lowest BCUT2D eigenvalue weighted by molar-refractivity contribution is -0.141. The molecule has 1 fully saturated rings. The number of hydrogen-bond acceptors (Lipinski definition) is 3. The van der Waals surface area contributed by atoms with Crippen molar-refractivity contribution in [3.8, 4) is 0 Å². The average molecular weight is 345 g/mol. The van der Waals surface area contributed by atoms with E-state index in [1.54, 1.807) is 12.1 Å². The molecule has 2 rings (SSSR count). The normalized spacial score (nSPS) is 19.9. The molecule has 1 aromatic rings. The lowest BCUT2D eigenvalue weighted by Crippen LogP contribution is -2.37. The van der Waals surface area contributed by atoms with Crippen LogP contribution in [0.5, 0.6) is 0 Å². The van der Waals surface area contributed by atoms with Gasteiger partial charge < -0.3 is 10.4 Å². The molecule has 5 nitrogen and oxygen atoms in total. The molecule has 1 saturated heterocycles. The van der Waals surface area contributed by atoms with E-state index in [0.717, 1.165) is 5.56 Å². The van der Waals surface area contributed by atoms with E-state index in [0.29, 0.717) is 29.6 Å². The molecule has 1 aromatic carbocycles. The minimum Gasteiger partial charge on any atom is -0.481 e. The molecule has 2 atom stereocenters. The van der Waals surface area contributed by atoms with Gasteiger partial charge in [-0.05, 0) is 37.6 Å². The summed E-state index contributed by atoms with van der Waals surface area (Å²) in [5, 5.41) is 12.8. The van der Waals surface area contributed by atoms with Crippen molar-refractivity contribution >= 4 is 35.1 Å². The number of halogens is 2. The second kappa shape index (κ2) is 7.31. The van der Waals surface area contributed by atoms with Gasteiger partial charge in [0.15, 0.2) is 0 Å². The second-order valence-electron chi connectivity index (χ2n) is 5.52. The molecule has 7 heteroatoms. The standard InChI is InChI=1S/C15H18Cl2N2O3/c1-9(10-2-3-12(16)13(17)6-10)18-14(20)8-19-5-4-11(7-19)15(21)22/h2-3,6,9,11H,4-5,7-8H2,1H3,(H,18,20)(H,21,22). The number of amides is 1. The summed E-state index contributed by atoms with van der Waals surface area (Å²) in [6.07, 6.45) is 0.588. The van der Waals surface area contributed by atoms with Crippen LogP contribution in [-0.4, -0.2) is 41.5 Å². The summed E-state index contributed by atoms with van der Waals surface area (Å²) in [4.78, 5) is 24.8. The maximum absolute atomic E-state index is 12.1. The van der Waals surface area contributed by atoms with Crippen molar-refractivity contribution in [2.75, 3.05) is 19.6 Å². The fourth-order valence-electron chi connectivity index (χ4n) is 2.53. The number of aliphatic carboxylic acids is 1. The van der Waals surface area contributed by atoms with Gasteiger partial charge in [0, 0.05) is 6.54 Å². The third kappa shape index (κ3) is 4.35. The Hall–Kier alpha value is -1.30. The van der Waals surface area contributed by atoms with Crippen LogP contribution >= 0.6 is 23.2 Å². The molecule has 1 heterocycles. The molecule has 120 valence electrons. The van der Waals surface area contributed by atoms with Gasteiger partial charge in [0.25, 0.3) is 0 Å². The lowest BCUT2D eigenvalue weighted by atomic mass is 10.1. The number of benzene rings is 1. The molecule has 0 aromatic heterocycles. The van der Waals surface area contributed by atoms with Crippen molar-refractivity contribution in [3.05, 3.63) is 33.8 Å². The minimum absolute atomic E-state index is 0.135. The van der Waals surface area contributed by atoms with Gasteiger partial charge in [-0.3, -0.25) is 14.5 Å². The number of hydrogen-bond donors (Lipinski definition) is 2. The van der Waals surface area contributed by atoms with Crippen molar-refractivity contribution in [1.82, 2.24) is 10.2 Å². The smallest absolute Gasteiger partial charge is 0.307 e. The Labute approximate surface area is 139 Å². The molecule has 0 spiro atoms. The van der Waals surface area contributed by atoms with Crippen molar-refractivity contribution in [3.63, 3.8) is 0 Å². The Kier molecular flexibility index (Phi) is 5.67. The molecule has 0 aliphatic carbocycles. The highest BCUT2D eigenvalue weighted by Crippen LogP contribution is 2.25. The zero-order chi connectivity index (χ0) is 16.3. The van der Waals surface area contributed by atoms with Crippen LogP contribution in [0.15, 0.2) is 18.2 Å². The number of carbonyl (C=O) groups is 2. The largest absolute Gasteiger partial charge is 0.481 e. The molecule has 0 radical (unpaired) electrons. The number of likely N-dealkylation sites (tertiary alicyclic amines) is 1. The van der Waals surface area contributed by atoms with E-state index in [1.807, 2.05) is 17.9 Å². The van der Waals surface area contributed by atoms with E-state index >= 15 is 0 Å². The van der Waals surface area contributed by atoms with Gasteiger partial charge in [-0.2, -0.15) is 0 Å². The van der Waals surface area contributed by atoms with Gasteiger partial charge in [0.2, 0.25) is 5.91 Å². The summed E-state index contributed by atoms with van der Waals surface area (Å²) >= 11 is 11.8. The summed E-state index contributed by atoms with van der Waals surface area (Å²) < 4.78 is 0. The van der Waals surface area contributed by atoms with E-state index in [2.05, 4.69) is 5.32 Å². The van der Waals surface area contributed by atoms with Gasteiger partial charge >= 0.3 is 5.97 Å². The van der Waals surface area contributed by atoms with E-state index in [-0.39, 0.29) is 24.4 Å². The van der Waals surface area contributed by atoms with E-state index in [9.17, 15) is 9.59 Å². The lowest BCUT2D eigenvalue weighted by Gasteiger charge is -2.19. The first-order chi connectivity index (χ1) is 10.4. The third-order valence-corrected chi connectivity index (χ3v) is 4.55. The zero-order valence-corrected chi connectivity index (χ0v) is 13.7. The maximum Gasteiger partial charge on any atom is 0.307 e. The summed E-state index contributed by atoms with van der Waals surface area (Å²) in [6.45, 7) is 3.12. The summed E-state index contributed by atoms with van der Waals surface area (Å²) in [5.74, 6) is -1.31. The van der Waals surface area contributed by atoms with Crippen LogP contribution in [0.25, 0.3) is 0 Å². The molecule has 1 aliphatic heterocycles. The van der Waals surface area contributed by atoms with Crippen LogP contribution in [0.4, 0.5) is 0 Å². The molecule has 22 heavy (non-hydrogen) atoms. The van der Waals surface area contributed by atoms with Crippen molar-refractivity contribution < 1.29 is 14.7 Å². The fraction of sp³-hybridized carbons (Fsp3) is 0.467. The number of rotatable bonds is 5. The number of nitrogens with zero attached hydrogens (tertiary/aromatic N) is 1. The van der Waals surface area contributed by atoms with E-state index in [4.69, 9.17) is 28.3 Å². The summed E-state index contributed by atoms with van der Waals surface area (Å²) in [6, 6.07) is 5.04. The van der Waals surface area contributed by atoms with Gasteiger partial charge in [0.1, 0.15) is 0 Å². The van der Waals surface area contributed by atoms with Crippen molar-refractivity contribution in [2.24, 2.45) is 5.92 Å². The highest BCUT2D eigenvalue weighted by molar-refractivity contribution is 6.42.